The number of nitrogens with zero attached hydrogens (tertiary/aromatic N) is 3. The molecule has 0 unspecified atom stereocenters. The fourth-order valence-electron chi connectivity index (χ4n) is 4.32. The van der Waals surface area contributed by atoms with Gasteiger partial charge in [0, 0.05) is 19.3 Å². The minimum Gasteiger partial charge on any atom is -0.369 e. The highest BCUT2D eigenvalue weighted by molar-refractivity contribution is 5.93. The fourth-order valence-corrected chi connectivity index (χ4v) is 4.32. The molecule has 0 saturated carbocycles. The molecule has 0 aliphatic carbocycles. The van der Waals surface area contributed by atoms with Gasteiger partial charge in [0.2, 0.25) is 5.91 Å². The minimum absolute atomic E-state index is 0.223. The molecule has 7 heteroatoms. The average molecular weight is 432 g/mol. The average Bonchev–Trinajstić information content (AvgIpc) is 2.79. The predicted molar refractivity (Wildman–Crippen MR) is 119 cm³/mol. The first-order valence-corrected chi connectivity index (χ1v) is 10.6. The van der Waals surface area contributed by atoms with Gasteiger partial charge in [-0.15, -0.1) is 0 Å². The number of hydrogen-bond acceptors (Lipinski definition) is 4. The van der Waals surface area contributed by atoms with Crippen LogP contribution in [0.1, 0.15) is 34.6 Å². The van der Waals surface area contributed by atoms with Gasteiger partial charge in [0.1, 0.15) is 11.5 Å². The lowest BCUT2D eigenvalue weighted by molar-refractivity contribution is -0.130. The summed E-state index contributed by atoms with van der Waals surface area (Å²) < 4.78 is 13.7. The largest absolute Gasteiger partial charge is 0.369 e. The van der Waals surface area contributed by atoms with E-state index in [0.717, 1.165) is 22.4 Å². The molecule has 32 heavy (non-hydrogen) atoms. The van der Waals surface area contributed by atoms with E-state index in [1.165, 1.54) is 18.3 Å². The second kappa shape index (κ2) is 8.86. The minimum atomic E-state index is -0.882. The van der Waals surface area contributed by atoms with Crippen LogP contribution in [0.3, 0.4) is 0 Å². The molecule has 0 radical (unpaired) electrons. The van der Waals surface area contributed by atoms with Crippen LogP contribution in [0.4, 0.5) is 4.39 Å². The van der Waals surface area contributed by atoms with Gasteiger partial charge in [-0.2, -0.15) is 0 Å². The third-order valence-corrected chi connectivity index (χ3v) is 6.01. The maximum absolute atomic E-state index is 13.7. The highest BCUT2D eigenvalue weighted by Gasteiger charge is 2.42. The zero-order valence-corrected chi connectivity index (χ0v) is 17.9. The smallest absolute Gasteiger partial charge is 0.274 e. The molecular weight excluding hydrogens is 407 g/mol. The summed E-state index contributed by atoms with van der Waals surface area (Å²) in [5, 5.41) is 0. The van der Waals surface area contributed by atoms with E-state index in [4.69, 9.17) is 5.73 Å². The molecule has 164 valence electrons. The molecule has 2 heterocycles. The van der Waals surface area contributed by atoms with Gasteiger partial charge in [-0.3, -0.25) is 14.6 Å². The number of nitrogens with two attached hydrogens (primary N) is 1. The van der Waals surface area contributed by atoms with Crippen molar-refractivity contribution in [3.63, 3.8) is 0 Å². The van der Waals surface area contributed by atoms with Crippen LogP contribution in [0.25, 0.3) is 11.1 Å². The number of hydrogen-bond donors (Lipinski definition) is 1. The summed E-state index contributed by atoms with van der Waals surface area (Å²) in [5.74, 6) is -0.986. The highest BCUT2D eigenvalue weighted by Crippen LogP contribution is 2.35. The zero-order valence-electron chi connectivity index (χ0n) is 17.9. The van der Waals surface area contributed by atoms with Crippen LogP contribution in [0, 0.1) is 18.2 Å². The Morgan fingerprint density at radius 3 is 2.53 bits per heavy atom. The van der Waals surface area contributed by atoms with Crippen molar-refractivity contribution in [2.75, 3.05) is 13.1 Å². The fraction of sp³-hybridized carbons (Fsp3) is 0.280. The quantitative estimate of drug-likeness (QED) is 0.668. The van der Waals surface area contributed by atoms with E-state index in [-0.39, 0.29) is 24.0 Å². The Bertz CT molecular complexity index is 1150. The standard InChI is InChI=1S/C25H25FN4O2/c1-17-14-29-22(15-28-17)23(31)30-10-4-9-25(16-30,24(27)32)13-18-5-2-6-19(11-18)20-7-3-8-21(26)12-20/h2-3,5-8,11-12,14-15H,4,9-10,13,16H2,1H3,(H2,27,32)/t25-/m0/s1. The van der Waals surface area contributed by atoms with Gasteiger partial charge < -0.3 is 10.6 Å². The second-order valence-corrected chi connectivity index (χ2v) is 8.41. The maximum atomic E-state index is 13.7. The van der Waals surface area contributed by atoms with Crippen LogP contribution in [0.15, 0.2) is 60.9 Å². The van der Waals surface area contributed by atoms with Crippen molar-refractivity contribution in [1.82, 2.24) is 14.9 Å². The molecule has 1 atom stereocenters. The van der Waals surface area contributed by atoms with E-state index in [1.807, 2.05) is 30.3 Å². The van der Waals surface area contributed by atoms with Crippen molar-refractivity contribution in [3.05, 3.63) is 83.7 Å². The van der Waals surface area contributed by atoms with Crippen molar-refractivity contribution >= 4 is 11.8 Å². The van der Waals surface area contributed by atoms with Crippen LogP contribution in [0.2, 0.25) is 0 Å². The Balaban J connectivity index is 1.59. The lowest BCUT2D eigenvalue weighted by Gasteiger charge is -2.40. The predicted octanol–water partition coefficient (Wildman–Crippen LogP) is 3.54. The molecule has 1 aliphatic heterocycles. The van der Waals surface area contributed by atoms with Crippen molar-refractivity contribution in [1.29, 1.82) is 0 Å². The van der Waals surface area contributed by atoms with E-state index in [0.29, 0.717) is 25.8 Å². The van der Waals surface area contributed by atoms with E-state index < -0.39 is 11.3 Å². The van der Waals surface area contributed by atoms with Crippen LogP contribution in [0.5, 0.6) is 0 Å². The van der Waals surface area contributed by atoms with Crippen molar-refractivity contribution in [2.45, 2.75) is 26.2 Å². The normalized spacial score (nSPS) is 18.4. The molecule has 0 spiro atoms. The van der Waals surface area contributed by atoms with Crippen LogP contribution in [-0.2, 0) is 11.2 Å². The number of carbonyl (C=O) groups is 2. The lowest BCUT2D eigenvalue weighted by atomic mass is 9.74. The van der Waals surface area contributed by atoms with E-state index in [9.17, 15) is 14.0 Å². The molecule has 2 N–H and O–H groups in total. The number of carbonyl (C=O) groups excluding carboxylic acids is 2. The number of rotatable bonds is 5. The number of aryl methyl sites for hydroxylation is 1. The molecule has 2 amide bonds. The zero-order chi connectivity index (χ0) is 22.7. The number of halogens is 1. The number of likely N-dealkylation sites (tertiary alicyclic amines) is 1. The summed E-state index contributed by atoms with van der Waals surface area (Å²) in [6.07, 6.45) is 4.67. The van der Waals surface area contributed by atoms with Crippen molar-refractivity contribution in [3.8, 4) is 11.1 Å². The summed E-state index contributed by atoms with van der Waals surface area (Å²) in [4.78, 5) is 35.6. The SMILES string of the molecule is Cc1cnc(C(=O)N2CCC[C@@](Cc3cccc(-c4cccc(F)c4)c3)(C(N)=O)C2)cn1. The molecule has 3 aromatic rings. The Kier molecular flexibility index (Phi) is 5.99. The number of amides is 2. The Hall–Kier alpha value is -3.61. The van der Waals surface area contributed by atoms with Crippen LogP contribution in [-0.4, -0.2) is 39.8 Å². The third kappa shape index (κ3) is 4.51. The third-order valence-electron chi connectivity index (χ3n) is 6.01. The summed E-state index contributed by atoms with van der Waals surface area (Å²) in [6, 6.07) is 14.1. The lowest BCUT2D eigenvalue weighted by Crippen LogP contribution is -2.53. The Labute approximate surface area is 186 Å². The first-order valence-electron chi connectivity index (χ1n) is 10.6. The molecule has 1 fully saturated rings. The van der Waals surface area contributed by atoms with Crippen LogP contribution < -0.4 is 5.73 Å². The first kappa shape index (κ1) is 21.6. The molecule has 1 aliphatic rings. The topological polar surface area (TPSA) is 89.2 Å². The van der Waals surface area contributed by atoms with Gasteiger partial charge in [-0.05, 0) is 55.0 Å². The molecule has 4 rings (SSSR count). The Morgan fingerprint density at radius 1 is 1.09 bits per heavy atom. The van der Waals surface area contributed by atoms with Gasteiger partial charge >= 0.3 is 0 Å². The first-order chi connectivity index (χ1) is 15.4. The molecule has 1 aromatic heterocycles. The van der Waals surface area contributed by atoms with E-state index in [1.54, 1.807) is 24.1 Å². The number of piperidine rings is 1. The monoisotopic (exact) mass is 432 g/mol. The van der Waals surface area contributed by atoms with Crippen molar-refractivity contribution in [2.24, 2.45) is 11.1 Å². The maximum Gasteiger partial charge on any atom is 0.274 e. The van der Waals surface area contributed by atoms with Gasteiger partial charge in [0.25, 0.3) is 5.91 Å². The van der Waals surface area contributed by atoms with Gasteiger partial charge in [0.15, 0.2) is 0 Å². The summed E-state index contributed by atoms with van der Waals surface area (Å²) in [5.41, 5.74) is 8.52. The van der Waals surface area contributed by atoms with E-state index >= 15 is 0 Å². The Morgan fingerprint density at radius 2 is 1.84 bits per heavy atom. The summed E-state index contributed by atoms with van der Waals surface area (Å²) in [7, 11) is 0. The van der Waals surface area contributed by atoms with Crippen molar-refractivity contribution < 1.29 is 14.0 Å². The summed E-state index contributed by atoms with van der Waals surface area (Å²) in [6.45, 7) is 2.56. The summed E-state index contributed by atoms with van der Waals surface area (Å²) >= 11 is 0. The second-order valence-electron chi connectivity index (χ2n) is 8.41. The number of primary amides is 1. The molecule has 0 bridgehead atoms. The van der Waals surface area contributed by atoms with Gasteiger partial charge in [0.05, 0.1) is 17.3 Å². The van der Waals surface area contributed by atoms with Crippen LogP contribution >= 0.6 is 0 Å². The molecule has 1 saturated heterocycles. The number of benzene rings is 2. The molecule has 6 nitrogen and oxygen atoms in total. The molecule has 2 aromatic carbocycles. The molecular formula is C25H25FN4O2. The highest BCUT2D eigenvalue weighted by atomic mass is 19.1. The number of aromatic nitrogens is 2. The van der Waals surface area contributed by atoms with Gasteiger partial charge in [-0.1, -0.05) is 36.4 Å². The van der Waals surface area contributed by atoms with Gasteiger partial charge in [-0.25, -0.2) is 9.37 Å². The van der Waals surface area contributed by atoms with E-state index in [2.05, 4.69) is 9.97 Å².